The number of rotatable bonds is 3. The maximum absolute atomic E-state index is 12.5. The Hall–Kier alpha value is -2.56. The van der Waals surface area contributed by atoms with Gasteiger partial charge in [-0.25, -0.2) is 0 Å². The Kier molecular flexibility index (Phi) is 4.59. The van der Waals surface area contributed by atoms with Crippen molar-refractivity contribution in [2.75, 3.05) is 0 Å². The number of ketones is 1. The minimum Gasteiger partial charge on any atom is -0.507 e. The van der Waals surface area contributed by atoms with Gasteiger partial charge in [0.1, 0.15) is 5.75 Å². The van der Waals surface area contributed by atoms with Gasteiger partial charge in [0.2, 0.25) is 0 Å². The number of halogens is 3. The van der Waals surface area contributed by atoms with Gasteiger partial charge in [0.25, 0.3) is 0 Å². The van der Waals surface area contributed by atoms with E-state index in [9.17, 15) is 23.1 Å². The van der Waals surface area contributed by atoms with Crippen LogP contribution in [0, 0.1) is 13.8 Å². The molecular formula is C18H15F3O2. The first-order valence-corrected chi connectivity index (χ1v) is 6.88. The van der Waals surface area contributed by atoms with E-state index in [1.807, 2.05) is 0 Å². The fourth-order valence-corrected chi connectivity index (χ4v) is 2.18. The van der Waals surface area contributed by atoms with Crippen molar-refractivity contribution in [2.24, 2.45) is 0 Å². The first-order valence-electron chi connectivity index (χ1n) is 6.88. The second kappa shape index (κ2) is 6.28. The van der Waals surface area contributed by atoms with Crippen LogP contribution in [0.4, 0.5) is 13.2 Å². The highest BCUT2D eigenvalue weighted by atomic mass is 19.4. The minimum atomic E-state index is -4.42. The zero-order chi connectivity index (χ0) is 17.2. The van der Waals surface area contributed by atoms with Crippen molar-refractivity contribution in [1.82, 2.24) is 0 Å². The number of phenolic OH excluding ortho intramolecular Hbond substituents is 1. The van der Waals surface area contributed by atoms with E-state index in [0.29, 0.717) is 11.1 Å². The molecule has 5 heteroatoms. The summed E-state index contributed by atoms with van der Waals surface area (Å²) >= 11 is 0. The normalized spacial score (nSPS) is 11.9. The third-order valence-corrected chi connectivity index (χ3v) is 3.44. The van der Waals surface area contributed by atoms with Crippen LogP contribution in [0.3, 0.4) is 0 Å². The van der Waals surface area contributed by atoms with Gasteiger partial charge in [0.05, 0.1) is 5.56 Å². The monoisotopic (exact) mass is 320 g/mol. The van der Waals surface area contributed by atoms with Gasteiger partial charge in [-0.05, 0) is 60.9 Å². The molecule has 23 heavy (non-hydrogen) atoms. The van der Waals surface area contributed by atoms with Crippen LogP contribution in [0.5, 0.6) is 5.75 Å². The highest BCUT2D eigenvalue weighted by Gasteiger charge is 2.30. The summed E-state index contributed by atoms with van der Waals surface area (Å²) in [6.07, 6.45) is -1.55. The van der Waals surface area contributed by atoms with E-state index in [0.717, 1.165) is 29.8 Å². The van der Waals surface area contributed by atoms with Crippen LogP contribution in [-0.2, 0) is 6.18 Å². The fourth-order valence-electron chi connectivity index (χ4n) is 2.18. The van der Waals surface area contributed by atoms with Crippen LogP contribution < -0.4 is 0 Å². The number of hydrogen-bond acceptors (Lipinski definition) is 2. The third kappa shape index (κ3) is 4.00. The molecule has 0 bridgehead atoms. The number of allylic oxidation sites excluding steroid dienone is 1. The molecule has 0 radical (unpaired) electrons. The quantitative estimate of drug-likeness (QED) is 0.643. The number of phenols is 1. The Bertz CT molecular complexity index is 734. The Morgan fingerprint density at radius 3 is 2.04 bits per heavy atom. The molecule has 0 aliphatic heterocycles. The SMILES string of the molecule is Cc1cc(C=CC(=O)c2ccc(C(F)(F)F)cc2)cc(C)c1O. The Morgan fingerprint density at radius 2 is 1.57 bits per heavy atom. The van der Waals surface area contributed by atoms with E-state index in [2.05, 4.69) is 0 Å². The molecule has 1 N–H and O–H groups in total. The van der Waals surface area contributed by atoms with Crippen molar-refractivity contribution in [2.45, 2.75) is 20.0 Å². The number of aromatic hydroxyl groups is 1. The molecule has 0 aliphatic carbocycles. The molecule has 0 aromatic heterocycles. The number of benzene rings is 2. The second-order valence-corrected chi connectivity index (χ2v) is 5.28. The summed E-state index contributed by atoms with van der Waals surface area (Å²) in [6.45, 7) is 3.49. The first-order chi connectivity index (χ1) is 10.7. The molecule has 0 heterocycles. The standard InChI is InChI=1S/C18H15F3O2/c1-11-9-13(10-12(2)17(11)23)3-8-16(22)14-4-6-15(7-5-14)18(19,20)21/h3-10,23H,1-2H3. The van der Waals surface area contributed by atoms with Crippen molar-refractivity contribution < 1.29 is 23.1 Å². The van der Waals surface area contributed by atoms with Crippen molar-refractivity contribution in [3.05, 3.63) is 70.3 Å². The van der Waals surface area contributed by atoms with Crippen molar-refractivity contribution in [1.29, 1.82) is 0 Å². The van der Waals surface area contributed by atoms with Gasteiger partial charge in [-0.2, -0.15) is 13.2 Å². The molecule has 0 saturated heterocycles. The smallest absolute Gasteiger partial charge is 0.416 e. The summed E-state index contributed by atoms with van der Waals surface area (Å²) in [4.78, 5) is 12.0. The summed E-state index contributed by atoms with van der Waals surface area (Å²) in [5.41, 5.74) is 1.50. The molecule has 120 valence electrons. The van der Waals surface area contributed by atoms with Crippen LogP contribution in [0.1, 0.15) is 32.6 Å². The second-order valence-electron chi connectivity index (χ2n) is 5.28. The van der Waals surface area contributed by atoms with E-state index in [1.54, 1.807) is 32.1 Å². The van der Waals surface area contributed by atoms with E-state index in [4.69, 9.17) is 0 Å². The average Bonchev–Trinajstić information content (AvgIpc) is 2.49. The molecule has 0 amide bonds. The molecule has 2 aromatic carbocycles. The number of hydrogen-bond donors (Lipinski definition) is 1. The number of alkyl halides is 3. The van der Waals surface area contributed by atoms with Gasteiger partial charge < -0.3 is 5.11 Å². The van der Waals surface area contributed by atoms with Crippen molar-refractivity contribution >= 4 is 11.9 Å². The maximum Gasteiger partial charge on any atom is 0.416 e. The van der Waals surface area contributed by atoms with Crippen molar-refractivity contribution in [3.63, 3.8) is 0 Å². The highest BCUT2D eigenvalue weighted by Crippen LogP contribution is 2.29. The van der Waals surface area contributed by atoms with E-state index in [-0.39, 0.29) is 17.1 Å². The topological polar surface area (TPSA) is 37.3 Å². The first kappa shape index (κ1) is 16.8. The molecule has 2 rings (SSSR count). The van der Waals surface area contributed by atoms with Gasteiger partial charge in [-0.1, -0.05) is 18.2 Å². The predicted octanol–water partition coefficient (Wildman–Crippen LogP) is 4.92. The van der Waals surface area contributed by atoms with E-state index < -0.39 is 11.7 Å². The lowest BCUT2D eigenvalue weighted by molar-refractivity contribution is -0.137. The third-order valence-electron chi connectivity index (χ3n) is 3.44. The summed E-state index contributed by atoms with van der Waals surface area (Å²) < 4.78 is 37.4. The molecule has 2 aromatic rings. The van der Waals surface area contributed by atoms with Gasteiger partial charge in [0, 0.05) is 5.56 Å². The summed E-state index contributed by atoms with van der Waals surface area (Å²) in [5.74, 6) is -0.182. The largest absolute Gasteiger partial charge is 0.507 e. The van der Waals surface area contributed by atoms with Gasteiger partial charge in [-0.3, -0.25) is 4.79 Å². The van der Waals surface area contributed by atoms with Crippen LogP contribution in [0.25, 0.3) is 6.08 Å². The zero-order valence-electron chi connectivity index (χ0n) is 12.6. The molecule has 0 atom stereocenters. The van der Waals surface area contributed by atoms with Crippen LogP contribution in [0.2, 0.25) is 0 Å². The maximum atomic E-state index is 12.5. The lowest BCUT2D eigenvalue weighted by Crippen LogP contribution is -2.05. The molecular weight excluding hydrogens is 305 g/mol. The lowest BCUT2D eigenvalue weighted by atomic mass is 10.0. The van der Waals surface area contributed by atoms with Crippen LogP contribution in [0.15, 0.2) is 42.5 Å². The van der Waals surface area contributed by atoms with Gasteiger partial charge in [0.15, 0.2) is 5.78 Å². The van der Waals surface area contributed by atoms with E-state index in [1.165, 1.54) is 6.08 Å². The summed E-state index contributed by atoms with van der Waals surface area (Å²) in [6, 6.07) is 7.52. The van der Waals surface area contributed by atoms with Crippen LogP contribution in [-0.4, -0.2) is 10.9 Å². The van der Waals surface area contributed by atoms with E-state index >= 15 is 0 Å². The lowest BCUT2D eigenvalue weighted by Gasteiger charge is -2.06. The molecule has 0 unspecified atom stereocenters. The zero-order valence-corrected chi connectivity index (χ0v) is 12.6. The Labute approximate surface area is 131 Å². The minimum absolute atomic E-state index is 0.182. The summed E-state index contributed by atoms with van der Waals surface area (Å²) in [5, 5.41) is 9.69. The molecule has 0 spiro atoms. The summed E-state index contributed by atoms with van der Waals surface area (Å²) in [7, 11) is 0. The highest BCUT2D eigenvalue weighted by molar-refractivity contribution is 6.06. The van der Waals surface area contributed by atoms with Gasteiger partial charge in [-0.15, -0.1) is 0 Å². The van der Waals surface area contributed by atoms with Crippen LogP contribution >= 0.6 is 0 Å². The number of carbonyl (C=O) groups excluding carboxylic acids is 1. The van der Waals surface area contributed by atoms with Crippen molar-refractivity contribution in [3.8, 4) is 5.75 Å². The van der Waals surface area contributed by atoms with Gasteiger partial charge >= 0.3 is 6.18 Å². The fraction of sp³-hybridized carbons (Fsp3) is 0.167. The number of aryl methyl sites for hydroxylation is 2. The Balaban J connectivity index is 2.19. The number of carbonyl (C=O) groups is 1. The average molecular weight is 320 g/mol. The molecule has 0 fully saturated rings. The Morgan fingerprint density at radius 1 is 1.04 bits per heavy atom. The molecule has 0 aliphatic rings. The molecule has 2 nitrogen and oxygen atoms in total. The molecule has 0 saturated carbocycles. The predicted molar refractivity (Wildman–Crippen MR) is 82.4 cm³/mol.